The van der Waals surface area contributed by atoms with E-state index < -0.39 is 0 Å². The number of amides is 1. The third kappa shape index (κ3) is 4.75. The fourth-order valence-corrected chi connectivity index (χ4v) is 4.18. The van der Waals surface area contributed by atoms with Gasteiger partial charge in [-0.05, 0) is 67.8 Å². The van der Waals surface area contributed by atoms with Gasteiger partial charge in [0.25, 0.3) is 5.91 Å². The van der Waals surface area contributed by atoms with Crippen LogP contribution in [0.15, 0.2) is 60.8 Å². The van der Waals surface area contributed by atoms with E-state index in [1.807, 2.05) is 61.5 Å². The SMILES string of the molecule is COc1ccc(-c2cccc(C(=O)Nc3ccc(N4C[C@@H](C)O[C@@H](C)C4)nc3)c2C)cc1. The van der Waals surface area contributed by atoms with Gasteiger partial charge in [-0.1, -0.05) is 24.3 Å². The minimum Gasteiger partial charge on any atom is -0.497 e. The lowest BCUT2D eigenvalue weighted by molar-refractivity contribution is -0.00545. The number of aromatic nitrogens is 1. The summed E-state index contributed by atoms with van der Waals surface area (Å²) in [6.45, 7) is 7.72. The van der Waals surface area contributed by atoms with Crippen LogP contribution in [0.2, 0.25) is 0 Å². The standard InChI is InChI=1S/C26H29N3O3/c1-17-15-29(16-18(2)32-17)25-13-10-21(14-27-25)28-26(30)24-7-5-6-23(19(24)3)20-8-11-22(31-4)12-9-20/h5-14,17-18H,15-16H2,1-4H3,(H,28,30)/t17-,18+. The van der Waals surface area contributed by atoms with E-state index in [4.69, 9.17) is 9.47 Å². The summed E-state index contributed by atoms with van der Waals surface area (Å²) >= 11 is 0. The lowest BCUT2D eigenvalue weighted by Gasteiger charge is -2.36. The topological polar surface area (TPSA) is 63.7 Å². The van der Waals surface area contributed by atoms with Crippen molar-refractivity contribution in [1.82, 2.24) is 4.98 Å². The van der Waals surface area contributed by atoms with Crippen LogP contribution < -0.4 is 15.0 Å². The molecule has 0 spiro atoms. The Hall–Kier alpha value is -3.38. The smallest absolute Gasteiger partial charge is 0.255 e. The fourth-order valence-electron chi connectivity index (χ4n) is 4.18. The highest BCUT2D eigenvalue weighted by Crippen LogP contribution is 2.28. The first-order valence-corrected chi connectivity index (χ1v) is 10.9. The van der Waals surface area contributed by atoms with Crippen molar-refractivity contribution in [2.24, 2.45) is 0 Å². The number of carbonyl (C=O) groups excluding carboxylic acids is 1. The molecule has 2 aromatic carbocycles. The Morgan fingerprint density at radius 1 is 1.06 bits per heavy atom. The molecule has 0 bridgehead atoms. The minimum atomic E-state index is -0.152. The molecule has 2 atom stereocenters. The van der Waals surface area contributed by atoms with Crippen LogP contribution in [-0.2, 0) is 4.74 Å². The van der Waals surface area contributed by atoms with E-state index in [0.29, 0.717) is 11.3 Å². The summed E-state index contributed by atoms with van der Waals surface area (Å²) in [5.41, 5.74) is 4.29. The molecule has 4 rings (SSSR count). The summed E-state index contributed by atoms with van der Waals surface area (Å²) in [7, 11) is 1.65. The van der Waals surface area contributed by atoms with E-state index in [1.165, 1.54) is 0 Å². The summed E-state index contributed by atoms with van der Waals surface area (Å²) in [5, 5.41) is 2.98. The van der Waals surface area contributed by atoms with Crippen molar-refractivity contribution in [2.45, 2.75) is 33.0 Å². The van der Waals surface area contributed by atoms with Gasteiger partial charge in [0.05, 0.1) is 31.2 Å². The number of methoxy groups -OCH3 is 1. The van der Waals surface area contributed by atoms with Crippen LogP contribution in [0.25, 0.3) is 11.1 Å². The van der Waals surface area contributed by atoms with E-state index in [2.05, 4.69) is 29.0 Å². The van der Waals surface area contributed by atoms with Crippen molar-refractivity contribution in [3.05, 3.63) is 71.9 Å². The maximum atomic E-state index is 13.0. The van der Waals surface area contributed by atoms with E-state index in [-0.39, 0.29) is 18.1 Å². The van der Waals surface area contributed by atoms with Crippen molar-refractivity contribution < 1.29 is 14.3 Å². The van der Waals surface area contributed by atoms with Crippen molar-refractivity contribution in [3.8, 4) is 16.9 Å². The van der Waals surface area contributed by atoms with Crippen LogP contribution in [0, 0.1) is 6.92 Å². The Bertz CT molecular complexity index is 1070. The van der Waals surface area contributed by atoms with Crippen LogP contribution in [0.1, 0.15) is 29.8 Å². The summed E-state index contributed by atoms with van der Waals surface area (Å²) in [4.78, 5) is 19.8. The molecule has 1 saturated heterocycles. The van der Waals surface area contributed by atoms with Crippen molar-refractivity contribution in [3.63, 3.8) is 0 Å². The second-order valence-electron chi connectivity index (χ2n) is 8.23. The molecule has 0 unspecified atom stereocenters. The number of pyridine rings is 1. The van der Waals surface area contributed by atoms with Gasteiger partial charge in [-0.25, -0.2) is 4.98 Å². The van der Waals surface area contributed by atoms with E-state index in [1.54, 1.807) is 13.3 Å². The molecular weight excluding hydrogens is 402 g/mol. The highest BCUT2D eigenvalue weighted by molar-refractivity contribution is 6.06. The van der Waals surface area contributed by atoms with Crippen LogP contribution in [-0.4, -0.2) is 43.3 Å². The molecule has 0 saturated carbocycles. The number of hydrogen-bond acceptors (Lipinski definition) is 5. The molecule has 1 N–H and O–H groups in total. The highest BCUT2D eigenvalue weighted by Gasteiger charge is 2.23. The Morgan fingerprint density at radius 2 is 1.78 bits per heavy atom. The average Bonchev–Trinajstić information content (AvgIpc) is 2.79. The minimum absolute atomic E-state index is 0.152. The predicted octanol–water partition coefficient (Wildman–Crippen LogP) is 4.93. The summed E-state index contributed by atoms with van der Waals surface area (Å²) in [6.07, 6.45) is 2.04. The molecule has 0 aliphatic carbocycles. The van der Waals surface area contributed by atoms with Crippen molar-refractivity contribution >= 4 is 17.4 Å². The summed E-state index contributed by atoms with van der Waals surface area (Å²) in [6, 6.07) is 17.5. The van der Waals surface area contributed by atoms with Gasteiger partial charge in [0.2, 0.25) is 0 Å². The van der Waals surface area contributed by atoms with Crippen LogP contribution in [0.4, 0.5) is 11.5 Å². The monoisotopic (exact) mass is 431 g/mol. The van der Waals surface area contributed by atoms with Crippen LogP contribution >= 0.6 is 0 Å². The van der Waals surface area contributed by atoms with E-state index in [9.17, 15) is 4.79 Å². The van der Waals surface area contributed by atoms with Crippen LogP contribution in [0.3, 0.4) is 0 Å². The Labute approximate surface area is 189 Å². The predicted molar refractivity (Wildman–Crippen MR) is 128 cm³/mol. The third-order valence-corrected chi connectivity index (χ3v) is 5.73. The molecule has 2 heterocycles. The molecule has 1 aliphatic rings. The summed E-state index contributed by atoms with van der Waals surface area (Å²) < 4.78 is 11.0. The zero-order valence-corrected chi connectivity index (χ0v) is 19.0. The first-order chi connectivity index (χ1) is 15.4. The molecule has 0 radical (unpaired) electrons. The molecule has 6 nitrogen and oxygen atoms in total. The Balaban J connectivity index is 1.49. The van der Waals surface area contributed by atoms with Gasteiger partial charge < -0.3 is 19.7 Å². The van der Waals surface area contributed by atoms with Crippen LogP contribution in [0.5, 0.6) is 5.75 Å². The van der Waals surface area contributed by atoms with Gasteiger partial charge in [-0.3, -0.25) is 4.79 Å². The molecule has 1 fully saturated rings. The maximum Gasteiger partial charge on any atom is 0.255 e. The largest absolute Gasteiger partial charge is 0.497 e. The number of carbonyl (C=O) groups is 1. The molecule has 1 aromatic heterocycles. The number of nitrogens with one attached hydrogen (secondary N) is 1. The molecule has 6 heteroatoms. The first-order valence-electron chi connectivity index (χ1n) is 10.9. The van der Waals surface area contributed by atoms with Crippen molar-refractivity contribution in [1.29, 1.82) is 0 Å². The van der Waals surface area contributed by atoms with Gasteiger partial charge in [-0.2, -0.15) is 0 Å². The van der Waals surface area contributed by atoms with E-state index in [0.717, 1.165) is 41.3 Å². The average molecular weight is 432 g/mol. The number of morpholine rings is 1. The third-order valence-electron chi connectivity index (χ3n) is 5.73. The second-order valence-corrected chi connectivity index (χ2v) is 8.23. The Kier molecular flexibility index (Phi) is 6.42. The van der Waals surface area contributed by atoms with Gasteiger partial charge in [0, 0.05) is 18.7 Å². The normalized spacial score (nSPS) is 18.3. The quantitative estimate of drug-likeness (QED) is 0.620. The number of anilines is 2. The molecule has 3 aromatic rings. The number of nitrogens with zero attached hydrogens (tertiary/aromatic N) is 2. The lowest BCUT2D eigenvalue weighted by atomic mass is 9.96. The number of hydrogen-bond donors (Lipinski definition) is 1. The molecule has 1 amide bonds. The number of rotatable bonds is 5. The van der Waals surface area contributed by atoms with Gasteiger partial charge >= 0.3 is 0 Å². The summed E-state index contributed by atoms with van der Waals surface area (Å²) in [5.74, 6) is 1.54. The van der Waals surface area contributed by atoms with Gasteiger partial charge in [0.1, 0.15) is 11.6 Å². The molecular formula is C26H29N3O3. The molecule has 166 valence electrons. The fraction of sp³-hybridized carbons (Fsp3) is 0.308. The highest BCUT2D eigenvalue weighted by atomic mass is 16.5. The number of benzene rings is 2. The van der Waals surface area contributed by atoms with E-state index >= 15 is 0 Å². The number of ether oxygens (including phenoxy) is 2. The van der Waals surface area contributed by atoms with Gasteiger partial charge in [0.15, 0.2) is 0 Å². The maximum absolute atomic E-state index is 13.0. The van der Waals surface area contributed by atoms with Crippen molar-refractivity contribution in [2.75, 3.05) is 30.4 Å². The Morgan fingerprint density at radius 3 is 2.41 bits per heavy atom. The van der Waals surface area contributed by atoms with Gasteiger partial charge in [-0.15, -0.1) is 0 Å². The first kappa shape index (κ1) is 21.8. The second kappa shape index (κ2) is 9.40. The lowest BCUT2D eigenvalue weighted by Crippen LogP contribution is -2.45. The molecule has 32 heavy (non-hydrogen) atoms. The zero-order valence-electron chi connectivity index (χ0n) is 19.0. The zero-order chi connectivity index (χ0) is 22.7. The molecule has 1 aliphatic heterocycles.